The topological polar surface area (TPSA) is 120 Å². The van der Waals surface area contributed by atoms with Gasteiger partial charge in [-0.2, -0.15) is 15.2 Å². The summed E-state index contributed by atoms with van der Waals surface area (Å²) in [7, 11) is 1.95. The van der Waals surface area contributed by atoms with Crippen molar-refractivity contribution in [1.82, 2.24) is 24.8 Å². The molecule has 1 unspecified atom stereocenters. The number of aromatic nitrogens is 3. The van der Waals surface area contributed by atoms with Crippen LogP contribution in [0.5, 0.6) is 6.01 Å². The summed E-state index contributed by atoms with van der Waals surface area (Å²) in [6, 6.07) is 5.95. The van der Waals surface area contributed by atoms with Gasteiger partial charge in [-0.1, -0.05) is 0 Å². The van der Waals surface area contributed by atoms with E-state index in [2.05, 4.69) is 21.4 Å². The smallest absolute Gasteiger partial charge is 0.407 e. The molecule has 152 valence electrons. The Morgan fingerprint density at radius 2 is 2.28 bits per heavy atom. The predicted molar refractivity (Wildman–Crippen MR) is 103 cm³/mol. The van der Waals surface area contributed by atoms with Crippen LogP contribution in [0.3, 0.4) is 0 Å². The quantitative estimate of drug-likeness (QED) is 0.769. The number of rotatable bonds is 5. The van der Waals surface area contributed by atoms with Crippen molar-refractivity contribution in [1.29, 1.82) is 5.26 Å². The first-order valence-electron chi connectivity index (χ1n) is 9.51. The zero-order valence-corrected chi connectivity index (χ0v) is 16.2. The van der Waals surface area contributed by atoms with Gasteiger partial charge in [0.2, 0.25) is 0 Å². The number of hydrogen-bond donors (Lipinski definition) is 2. The van der Waals surface area contributed by atoms with Crippen LogP contribution in [-0.2, 0) is 26.7 Å². The molecule has 2 aliphatic heterocycles. The molecule has 4 heterocycles. The van der Waals surface area contributed by atoms with Crippen LogP contribution in [0, 0.1) is 11.3 Å². The van der Waals surface area contributed by atoms with Crippen LogP contribution in [0.4, 0.5) is 10.6 Å². The number of nitrogens with one attached hydrogen (secondary N) is 1. The second-order valence-electron chi connectivity index (χ2n) is 7.20. The summed E-state index contributed by atoms with van der Waals surface area (Å²) in [5.41, 5.74) is 2.92. The maximum Gasteiger partial charge on any atom is 0.407 e. The Morgan fingerprint density at radius 1 is 1.41 bits per heavy atom. The molecule has 2 aliphatic rings. The van der Waals surface area contributed by atoms with Crippen LogP contribution >= 0.6 is 0 Å². The third-order valence-corrected chi connectivity index (χ3v) is 5.40. The number of fused-ring (bicyclic) bond motifs is 1. The van der Waals surface area contributed by atoms with Crippen LogP contribution in [0.15, 0.2) is 18.3 Å². The maximum atomic E-state index is 11.5. The SMILES string of the molecule is Cn1cccc1COc1nc2c(c(N3CCN(C(=O)O)C(CC#N)C3)n1)CNC2. The van der Waals surface area contributed by atoms with Crippen LogP contribution in [0.1, 0.15) is 23.4 Å². The average molecular weight is 397 g/mol. The fourth-order valence-electron chi connectivity index (χ4n) is 3.82. The zero-order chi connectivity index (χ0) is 20.4. The normalized spacial score (nSPS) is 18.4. The van der Waals surface area contributed by atoms with Gasteiger partial charge in [-0.15, -0.1) is 0 Å². The molecule has 0 saturated carbocycles. The predicted octanol–water partition coefficient (Wildman–Crippen LogP) is 1.08. The molecule has 10 heteroatoms. The number of carbonyl (C=O) groups is 1. The van der Waals surface area contributed by atoms with Gasteiger partial charge >= 0.3 is 12.1 Å². The Morgan fingerprint density at radius 3 is 3.00 bits per heavy atom. The monoisotopic (exact) mass is 397 g/mol. The largest absolute Gasteiger partial charge is 0.465 e. The van der Waals surface area contributed by atoms with Crippen molar-refractivity contribution in [3.8, 4) is 12.1 Å². The summed E-state index contributed by atoms with van der Waals surface area (Å²) in [6.07, 6.45) is 1.10. The number of aryl methyl sites for hydroxylation is 1. The van der Waals surface area contributed by atoms with Gasteiger partial charge in [-0.05, 0) is 12.1 Å². The summed E-state index contributed by atoms with van der Waals surface area (Å²) >= 11 is 0. The maximum absolute atomic E-state index is 11.5. The van der Waals surface area contributed by atoms with Crippen LogP contribution in [0.2, 0.25) is 0 Å². The summed E-state index contributed by atoms with van der Waals surface area (Å²) in [5, 5.41) is 21.8. The van der Waals surface area contributed by atoms with E-state index < -0.39 is 6.09 Å². The van der Waals surface area contributed by atoms with Crippen molar-refractivity contribution in [3.05, 3.63) is 35.3 Å². The van der Waals surface area contributed by atoms with E-state index in [0.29, 0.717) is 45.3 Å². The van der Waals surface area contributed by atoms with Crippen LogP contribution < -0.4 is 15.0 Å². The van der Waals surface area contributed by atoms with E-state index in [1.165, 1.54) is 4.90 Å². The van der Waals surface area contributed by atoms with Gasteiger partial charge in [0.05, 0.1) is 29.9 Å². The lowest BCUT2D eigenvalue weighted by Crippen LogP contribution is -2.55. The van der Waals surface area contributed by atoms with Gasteiger partial charge in [-0.3, -0.25) is 0 Å². The highest BCUT2D eigenvalue weighted by Crippen LogP contribution is 2.29. The Labute approximate surface area is 168 Å². The Balaban J connectivity index is 1.58. The van der Waals surface area contributed by atoms with E-state index >= 15 is 0 Å². The highest BCUT2D eigenvalue weighted by atomic mass is 16.5. The lowest BCUT2D eigenvalue weighted by atomic mass is 10.1. The lowest BCUT2D eigenvalue weighted by molar-refractivity contribution is 0.119. The molecule has 2 aromatic heterocycles. The van der Waals surface area contributed by atoms with Crippen molar-refractivity contribution < 1.29 is 14.6 Å². The summed E-state index contributed by atoms with van der Waals surface area (Å²) in [4.78, 5) is 24.1. The van der Waals surface area contributed by atoms with Crippen molar-refractivity contribution in [2.24, 2.45) is 7.05 Å². The highest BCUT2D eigenvalue weighted by molar-refractivity contribution is 5.66. The molecule has 1 saturated heterocycles. The minimum absolute atomic E-state index is 0.144. The minimum atomic E-state index is -0.994. The van der Waals surface area contributed by atoms with Gasteiger partial charge in [0.15, 0.2) is 0 Å². The summed E-state index contributed by atoms with van der Waals surface area (Å²) in [5.74, 6) is 0.759. The minimum Gasteiger partial charge on any atom is -0.465 e. The summed E-state index contributed by atoms with van der Waals surface area (Å²) < 4.78 is 7.85. The zero-order valence-electron chi connectivity index (χ0n) is 16.2. The molecule has 0 spiro atoms. The number of piperazine rings is 1. The molecule has 2 aromatic rings. The molecule has 0 aromatic carbocycles. The second kappa shape index (κ2) is 7.97. The molecule has 4 rings (SSSR count). The molecule has 1 atom stereocenters. The number of carboxylic acid groups (broad SMARTS) is 1. The first-order valence-corrected chi connectivity index (χ1v) is 9.51. The molecule has 29 heavy (non-hydrogen) atoms. The Kier molecular flexibility index (Phi) is 5.22. The molecule has 2 N–H and O–H groups in total. The van der Waals surface area contributed by atoms with Crippen molar-refractivity contribution in [3.63, 3.8) is 0 Å². The van der Waals surface area contributed by atoms with E-state index in [1.807, 2.05) is 34.8 Å². The third kappa shape index (κ3) is 3.82. The molecule has 10 nitrogen and oxygen atoms in total. The van der Waals surface area contributed by atoms with Crippen LogP contribution in [-0.4, -0.2) is 56.3 Å². The molecular weight excluding hydrogens is 374 g/mol. The van der Waals surface area contributed by atoms with Gasteiger partial charge in [-0.25, -0.2) is 4.79 Å². The molecule has 1 amide bonds. The number of nitriles is 1. The fourth-order valence-corrected chi connectivity index (χ4v) is 3.82. The van der Waals surface area contributed by atoms with E-state index in [4.69, 9.17) is 10.00 Å². The van der Waals surface area contributed by atoms with Crippen molar-refractivity contribution in [2.45, 2.75) is 32.2 Å². The first-order chi connectivity index (χ1) is 14.1. The van der Waals surface area contributed by atoms with E-state index in [0.717, 1.165) is 22.8 Å². The van der Waals surface area contributed by atoms with Gasteiger partial charge in [0.25, 0.3) is 0 Å². The first kappa shape index (κ1) is 19.0. The molecular formula is C19H23N7O3. The van der Waals surface area contributed by atoms with Crippen LogP contribution in [0.25, 0.3) is 0 Å². The van der Waals surface area contributed by atoms with E-state index in [9.17, 15) is 9.90 Å². The van der Waals surface area contributed by atoms with E-state index in [1.54, 1.807) is 0 Å². The van der Waals surface area contributed by atoms with Gasteiger partial charge in [0, 0.05) is 51.5 Å². The van der Waals surface area contributed by atoms with Crippen molar-refractivity contribution >= 4 is 11.9 Å². The number of anilines is 1. The Hall–Kier alpha value is -3.32. The average Bonchev–Trinajstić information content (AvgIpc) is 3.34. The number of ether oxygens (including phenoxy) is 1. The molecule has 1 fully saturated rings. The number of nitrogens with zero attached hydrogens (tertiary/aromatic N) is 6. The Bertz CT molecular complexity index is 952. The number of amides is 1. The molecule has 0 bridgehead atoms. The third-order valence-electron chi connectivity index (χ3n) is 5.40. The fraction of sp³-hybridized carbons (Fsp3) is 0.474. The van der Waals surface area contributed by atoms with E-state index in [-0.39, 0.29) is 12.5 Å². The van der Waals surface area contributed by atoms with Gasteiger partial charge in [0.1, 0.15) is 12.4 Å². The second-order valence-corrected chi connectivity index (χ2v) is 7.20. The highest BCUT2D eigenvalue weighted by Gasteiger charge is 2.33. The number of hydrogen-bond acceptors (Lipinski definition) is 7. The lowest BCUT2D eigenvalue weighted by Gasteiger charge is -2.40. The van der Waals surface area contributed by atoms with Crippen molar-refractivity contribution in [2.75, 3.05) is 24.5 Å². The van der Waals surface area contributed by atoms with Gasteiger partial charge < -0.3 is 29.5 Å². The summed E-state index contributed by atoms with van der Waals surface area (Å²) in [6.45, 7) is 2.91. The molecule has 0 radical (unpaired) electrons. The molecule has 0 aliphatic carbocycles. The standard InChI is InChI=1S/C19H23N7O3/c1-24-6-2-3-14(24)12-29-18-22-16-10-21-9-15(16)17(23-18)25-7-8-26(19(27)28)13(11-25)4-5-20/h2-3,6,13,21H,4,7-12H2,1H3,(H,27,28).